The van der Waals surface area contributed by atoms with Crippen LogP contribution in [0.2, 0.25) is 0 Å². The van der Waals surface area contributed by atoms with Crippen molar-refractivity contribution in [3.05, 3.63) is 65.2 Å². The Morgan fingerprint density at radius 1 is 1.21 bits per heavy atom. The van der Waals surface area contributed by atoms with Gasteiger partial charge in [-0.05, 0) is 43.0 Å². The number of nitrogens with zero attached hydrogens (tertiary/aromatic N) is 2. The van der Waals surface area contributed by atoms with E-state index in [0.29, 0.717) is 25.3 Å². The molecular weight excluding hydrogens is 372 g/mol. The minimum atomic E-state index is -0.148. The third kappa shape index (κ3) is 4.07. The maximum atomic E-state index is 13.3. The Morgan fingerprint density at radius 2 is 2.04 bits per heavy atom. The largest absolute Gasteiger partial charge is 0.466 e. The van der Waals surface area contributed by atoms with Crippen LogP contribution in [0.3, 0.4) is 0 Å². The van der Waals surface area contributed by atoms with E-state index in [-0.39, 0.29) is 23.7 Å². The van der Waals surface area contributed by atoms with Crippen molar-refractivity contribution in [2.45, 2.75) is 19.9 Å². The molecule has 1 amide bonds. The van der Waals surface area contributed by atoms with Gasteiger partial charge in [-0.1, -0.05) is 30.3 Å². The summed E-state index contributed by atoms with van der Waals surface area (Å²) in [6.07, 6.45) is 0.783. The molecule has 4 rings (SSSR count). The van der Waals surface area contributed by atoms with Gasteiger partial charge >= 0.3 is 5.97 Å². The minimum Gasteiger partial charge on any atom is -0.466 e. The number of carbonyl (C=O) groups is 2. The molecule has 2 atom stereocenters. The maximum absolute atomic E-state index is 13.3. The van der Waals surface area contributed by atoms with Crippen molar-refractivity contribution in [1.82, 2.24) is 9.88 Å². The lowest BCUT2D eigenvalue weighted by atomic mass is 10.1. The first-order chi connectivity index (χ1) is 13.7. The van der Waals surface area contributed by atoms with Gasteiger partial charge in [0.05, 0.1) is 28.3 Å². The van der Waals surface area contributed by atoms with E-state index in [1.807, 2.05) is 60.4 Å². The van der Waals surface area contributed by atoms with Gasteiger partial charge in [0.15, 0.2) is 0 Å². The number of aromatic nitrogens is 1. The van der Waals surface area contributed by atoms with E-state index in [1.54, 1.807) is 5.51 Å². The molecule has 1 aliphatic rings. The van der Waals surface area contributed by atoms with E-state index < -0.39 is 0 Å². The molecule has 1 saturated carbocycles. The number of hydrogen-bond acceptors (Lipinski definition) is 5. The number of benzene rings is 2. The Bertz CT molecular complexity index is 986. The molecule has 0 spiro atoms. The first-order valence-corrected chi connectivity index (χ1v) is 10.4. The highest BCUT2D eigenvalue weighted by Crippen LogP contribution is 2.40. The van der Waals surface area contributed by atoms with Crippen LogP contribution in [0.15, 0.2) is 54.0 Å². The van der Waals surface area contributed by atoms with Crippen LogP contribution in [0.4, 0.5) is 0 Å². The number of thiazole rings is 1. The Hall–Kier alpha value is -2.73. The zero-order valence-corrected chi connectivity index (χ0v) is 16.5. The molecule has 0 aliphatic heterocycles. The average Bonchev–Trinajstić information content (AvgIpc) is 3.32. The zero-order chi connectivity index (χ0) is 19.5. The number of amides is 1. The molecule has 2 aromatic carbocycles. The van der Waals surface area contributed by atoms with Crippen molar-refractivity contribution >= 4 is 33.4 Å². The number of esters is 1. The third-order valence-corrected chi connectivity index (χ3v) is 5.84. The summed E-state index contributed by atoms with van der Waals surface area (Å²) in [6, 6.07) is 15.6. The van der Waals surface area contributed by atoms with Gasteiger partial charge in [0, 0.05) is 18.7 Å². The topological polar surface area (TPSA) is 59.5 Å². The van der Waals surface area contributed by atoms with Crippen LogP contribution in [0.1, 0.15) is 29.3 Å². The molecule has 5 nitrogen and oxygen atoms in total. The van der Waals surface area contributed by atoms with Crippen molar-refractivity contribution in [1.29, 1.82) is 0 Å². The van der Waals surface area contributed by atoms with E-state index in [1.165, 1.54) is 11.3 Å². The third-order valence-electron chi connectivity index (χ3n) is 5.05. The van der Waals surface area contributed by atoms with Crippen LogP contribution in [0, 0.1) is 11.8 Å². The Kier molecular flexibility index (Phi) is 5.39. The summed E-state index contributed by atoms with van der Waals surface area (Å²) < 4.78 is 6.13. The molecule has 144 valence electrons. The van der Waals surface area contributed by atoms with E-state index in [0.717, 1.165) is 22.2 Å². The minimum absolute atomic E-state index is 0.0198. The Balaban J connectivity index is 1.53. The molecule has 28 heavy (non-hydrogen) atoms. The molecule has 0 unspecified atom stereocenters. The molecule has 1 aliphatic carbocycles. The highest BCUT2D eigenvalue weighted by molar-refractivity contribution is 7.16. The lowest BCUT2D eigenvalue weighted by Gasteiger charge is -2.23. The standard InChI is InChI=1S/C22H22N2O3S/c1-2-27-22(26)18-10-17(18)13-24(12-15-6-4-3-5-7-15)21(25)16-8-9-19-20(11-16)28-14-23-19/h3-9,11,14,17-18H,2,10,12-13H2,1H3/t17-,18+/m1/s1. The lowest BCUT2D eigenvalue weighted by molar-refractivity contribution is -0.145. The monoisotopic (exact) mass is 394 g/mol. The predicted molar refractivity (Wildman–Crippen MR) is 109 cm³/mol. The molecule has 0 radical (unpaired) electrons. The van der Waals surface area contributed by atoms with Gasteiger partial charge in [0.25, 0.3) is 5.91 Å². The molecule has 0 N–H and O–H groups in total. The highest BCUT2D eigenvalue weighted by atomic mass is 32.1. The van der Waals surface area contributed by atoms with Crippen LogP contribution < -0.4 is 0 Å². The summed E-state index contributed by atoms with van der Waals surface area (Å²) in [4.78, 5) is 31.4. The van der Waals surface area contributed by atoms with Gasteiger partial charge in [-0.2, -0.15) is 0 Å². The summed E-state index contributed by atoms with van der Waals surface area (Å²) in [5.41, 5.74) is 4.42. The fourth-order valence-electron chi connectivity index (χ4n) is 3.46. The smallest absolute Gasteiger partial charge is 0.309 e. The Morgan fingerprint density at radius 3 is 2.82 bits per heavy atom. The van der Waals surface area contributed by atoms with Gasteiger partial charge in [0.1, 0.15) is 0 Å². The van der Waals surface area contributed by atoms with Gasteiger partial charge in [-0.25, -0.2) is 4.98 Å². The highest BCUT2D eigenvalue weighted by Gasteiger charge is 2.45. The molecular formula is C22H22N2O3S. The lowest BCUT2D eigenvalue weighted by Crippen LogP contribution is -2.33. The SMILES string of the molecule is CCOC(=O)[C@H]1C[C@@H]1CN(Cc1ccccc1)C(=O)c1ccc2ncsc2c1. The molecule has 1 aromatic heterocycles. The molecule has 1 heterocycles. The summed E-state index contributed by atoms with van der Waals surface area (Å²) in [6.45, 7) is 3.28. The van der Waals surface area contributed by atoms with Crippen LogP contribution >= 0.6 is 11.3 Å². The van der Waals surface area contributed by atoms with Crippen molar-refractivity contribution in [3.8, 4) is 0 Å². The predicted octanol–water partition coefficient (Wildman–Crippen LogP) is 4.14. The van der Waals surface area contributed by atoms with Gasteiger partial charge in [0.2, 0.25) is 0 Å². The summed E-state index contributed by atoms with van der Waals surface area (Å²) in [7, 11) is 0. The quantitative estimate of drug-likeness (QED) is 0.565. The second-order valence-electron chi connectivity index (χ2n) is 7.06. The van der Waals surface area contributed by atoms with E-state index in [4.69, 9.17) is 4.74 Å². The van der Waals surface area contributed by atoms with Crippen molar-refractivity contribution in [2.24, 2.45) is 11.8 Å². The van der Waals surface area contributed by atoms with Gasteiger partial charge < -0.3 is 9.64 Å². The van der Waals surface area contributed by atoms with Crippen LogP contribution in [0.5, 0.6) is 0 Å². The molecule has 3 aromatic rings. The van der Waals surface area contributed by atoms with Crippen LogP contribution in [-0.4, -0.2) is 34.9 Å². The average molecular weight is 394 g/mol. The summed E-state index contributed by atoms with van der Waals surface area (Å²) >= 11 is 1.53. The second-order valence-corrected chi connectivity index (χ2v) is 7.95. The summed E-state index contributed by atoms with van der Waals surface area (Å²) in [5, 5.41) is 0. The molecule has 0 saturated heterocycles. The number of ether oxygens (including phenoxy) is 1. The number of fused-ring (bicyclic) bond motifs is 1. The number of carbonyl (C=O) groups excluding carboxylic acids is 2. The summed E-state index contributed by atoms with van der Waals surface area (Å²) in [5.74, 6) is -0.0896. The normalized spacial score (nSPS) is 18.0. The van der Waals surface area contributed by atoms with E-state index in [2.05, 4.69) is 4.98 Å². The van der Waals surface area contributed by atoms with Crippen molar-refractivity contribution in [2.75, 3.05) is 13.2 Å². The van der Waals surface area contributed by atoms with Gasteiger partial charge in [-0.15, -0.1) is 11.3 Å². The Labute approximate surface area is 168 Å². The second kappa shape index (κ2) is 8.10. The molecule has 1 fully saturated rings. The van der Waals surface area contributed by atoms with E-state index in [9.17, 15) is 9.59 Å². The zero-order valence-electron chi connectivity index (χ0n) is 15.7. The fraction of sp³-hybridized carbons (Fsp3) is 0.318. The fourth-order valence-corrected chi connectivity index (χ4v) is 4.18. The molecule has 0 bridgehead atoms. The van der Waals surface area contributed by atoms with Gasteiger partial charge in [-0.3, -0.25) is 9.59 Å². The van der Waals surface area contributed by atoms with Crippen molar-refractivity contribution in [3.63, 3.8) is 0 Å². The first-order valence-electron chi connectivity index (χ1n) is 9.48. The van der Waals surface area contributed by atoms with Crippen molar-refractivity contribution < 1.29 is 14.3 Å². The molecule has 6 heteroatoms. The first kappa shape index (κ1) is 18.6. The maximum Gasteiger partial charge on any atom is 0.309 e. The van der Waals surface area contributed by atoms with Crippen LogP contribution in [0.25, 0.3) is 10.2 Å². The number of hydrogen-bond donors (Lipinski definition) is 0. The number of rotatable bonds is 7. The van der Waals surface area contributed by atoms with E-state index >= 15 is 0 Å². The van der Waals surface area contributed by atoms with Crippen LogP contribution in [-0.2, 0) is 16.1 Å².